The zero-order valence-electron chi connectivity index (χ0n) is 27.8. The lowest BCUT2D eigenvalue weighted by Crippen LogP contribution is -2.47. The third-order valence-electron chi connectivity index (χ3n) is 7.67. The Hall–Kier alpha value is -4.78. The first kappa shape index (κ1) is 34.6. The highest BCUT2D eigenvalue weighted by Crippen LogP contribution is 2.40. The van der Waals surface area contributed by atoms with Gasteiger partial charge in [0.15, 0.2) is 0 Å². The van der Waals surface area contributed by atoms with Gasteiger partial charge in [0.1, 0.15) is 17.2 Å². The van der Waals surface area contributed by atoms with Crippen LogP contribution in [0.2, 0.25) is 0 Å². The fourth-order valence-corrected chi connectivity index (χ4v) is 6.62. The number of aromatic nitrogens is 3. The average Bonchev–Trinajstić information content (AvgIpc) is 3.03. The number of nitrogens with zero attached hydrogens (tertiary/aromatic N) is 4. The van der Waals surface area contributed by atoms with Gasteiger partial charge in [-0.1, -0.05) is 31.7 Å². The van der Waals surface area contributed by atoms with Gasteiger partial charge in [0.25, 0.3) is 0 Å². The molecule has 0 saturated carbocycles. The van der Waals surface area contributed by atoms with E-state index in [1.807, 2.05) is 33.8 Å². The van der Waals surface area contributed by atoms with Crippen molar-refractivity contribution in [3.63, 3.8) is 0 Å². The highest BCUT2D eigenvalue weighted by atomic mass is 32.2. The molecular weight excluding hydrogens is 635 g/mol. The van der Waals surface area contributed by atoms with Crippen LogP contribution in [0.5, 0.6) is 11.6 Å². The van der Waals surface area contributed by atoms with Crippen molar-refractivity contribution in [3.05, 3.63) is 72.3 Å². The molecule has 0 bridgehead atoms. The summed E-state index contributed by atoms with van der Waals surface area (Å²) in [5.74, 6) is 0.158. The zero-order valence-corrected chi connectivity index (χ0v) is 28.7. The van der Waals surface area contributed by atoms with Crippen LogP contribution < -0.4 is 14.8 Å². The van der Waals surface area contributed by atoms with Gasteiger partial charge in [-0.15, -0.1) is 0 Å². The molecule has 1 fully saturated rings. The minimum atomic E-state index is -3.76. The van der Waals surface area contributed by atoms with Crippen LogP contribution in [0, 0.1) is 12.7 Å². The van der Waals surface area contributed by atoms with Crippen LogP contribution in [0.15, 0.2) is 55.4 Å². The van der Waals surface area contributed by atoms with Crippen molar-refractivity contribution in [1.82, 2.24) is 19.9 Å². The average molecular weight is 677 g/mol. The normalized spacial score (nSPS) is 15.2. The topological polar surface area (TPSA) is 136 Å². The first-order valence-corrected chi connectivity index (χ1v) is 17.5. The number of rotatable bonds is 10. The lowest BCUT2D eigenvalue weighted by atomic mass is 10.0. The number of hydrogen-bond donors (Lipinski definition) is 2. The fourth-order valence-electron chi connectivity index (χ4n) is 5.46. The van der Waals surface area contributed by atoms with Gasteiger partial charge in [0.2, 0.25) is 21.9 Å². The van der Waals surface area contributed by atoms with E-state index in [2.05, 4.69) is 26.6 Å². The van der Waals surface area contributed by atoms with E-state index in [0.717, 1.165) is 24.0 Å². The Balaban J connectivity index is 1.47. The molecule has 2 N–H and O–H groups in total. The first-order chi connectivity index (χ1) is 22.8. The van der Waals surface area contributed by atoms with Gasteiger partial charge in [-0.2, -0.15) is 0 Å². The number of likely N-dealkylation sites (tertiary alicyclic amines) is 1. The molecule has 0 aliphatic carbocycles. The summed E-state index contributed by atoms with van der Waals surface area (Å²) >= 11 is 0. The highest BCUT2D eigenvalue weighted by molar-refractivity contribution is 7.92. The molecule has 0 spiro atoms. The van der Waals surface area contributed by atoms with Crippen molar-refractivity contribution in [1.29, 1.82) is 0 Å². The number of piperidine rings is 1. The monoisotopic (exact) mass is 676 g/mol. The number of amides is 1. The van der Waals surface area contributed by atoms with Crippen LogP contribution in [0.4, 0.5) is 20.8 Å². The van der Waals surface area contributed by atoms with Crippen molar-refractivity contribution in [3.8, 4) is 22.9 Å². The maximum atomic E-state index is 15.0. The van der Waals surface area contributed by atoms with Gasteiger partial charge in [-0.25, -0.2) is 32.6 Å². The van der Waals surface area contributed by atoms with Crippen LogP contribution in [0.25, 0.3) is 28.1 Å². The maximum Gasteiger partial charge on any atom is 0.410 e. The summed E-state index contributed by atoms with van der Waals surface area (Å²) in [5, 5.41) is 4.22. The van der Waals surface area contributed by atoms with E-state index < -0.39 is 21.4 Å². The molecule has 48 heavy (non-hydrogen) atoms. The minimum Gasteiger partial charge on any atom is -0.444 e. The van der Waals surface area contributed by atoms with Crippen LogP contribution in [-0.4, -0.2) is 64.8 Å². The van der Waals surface area contributed by atoms with Crippen molar-refractivity contribution in [2.24, 2.45) is 0 Å². The van der Waals surface area contributed by atoms with E-state index in [4.69, 9.17) is 14.5 Å². The molecule has 5 rings (SSSR count). The SMILES string of the molecule is C=Cc1cnc(Oc2c(C)ccc3c(NS(=O)(=O)CCC)c(F)ccc23)c(-c2ccnc(NC3CCCN(C(=O)OC(C)(C)C)C3)n2)c1. The van der Waals surface area contributed by atoms with E-state index in [0.29, 0.717) is 53.2 Å². The first-order valence-electron chi connectivity index (χ1n) is 15.9. The second-order valence-electron chi connectivity index (χ2n) is 12.8. The van der Waals surface area contributed by atoms with Gasteiger partial charge >= 0.3 is 6.09 Å². The molecule has 1 amide bonds. The van der Waals surface area contributed by atoms with Crippen molar-refractivity contribution in [2.75, 3.05) is 28.9 Å². The molecule has 1 atom stereocenters. The van der Waals surface area contributed by atoms with E-state index in [-0.39, 0.29) is 29.5 Å². The smallest absolute Gasteiger partial charge is 0.410 e. The van der Waals surface area contributed by atoms with Gasteiger partial charge in [0, 0.05) is 42.3 Å². The molecule has 254 valence electrons. The molecular formula is C35H41FN6O5S. The third-order valence-corrected chi connectivity index (χ3v) is 9.13. The van der Waals surface area contributed by atoms with Gasteiger partial charge in [0.05, 0.1) is 22.7 Å². The summed E-state index contributed by atoms with van der Waals surface area (Å²) < 4.78 is 54.6. The number of benzene rings is 2. The minimum absolute atomic E-state index is 0.0856. The Morgan fingerprint density at radius 3 is 2.67 bits per heavy atom. The summed E-state index contributed by atoms with van der Waals surface area (Å²) in [6, 6.07) is 9.67. The summed E-state index contributed by atoms with van der Waals surface area (Å²) in [5.41, 5.74) is 1.82. The van der Waals surface area contributed by atoms with Crippen LogP contribution in [-0.2, 0) is 14.8 Å². The zero-order chi connectivity index (χ0) is 34.6. The Kier molecular flexibility index (Phi) is 10.2. The van der Waals surface area contributed by atoms with Gasteiger partial charge in [-0.05, 0) is 82.3 Å². The second kappa shape index (κ2) is 14.1. The molecule has 0 radical (unpaired) electrons. The quantitative estimate of drug-likeness (QED) is 0.175. The van der Waals surface area contributed by atoms with E-state index >= 15 is 4.39 Å². The fraction of sp³-hybridized carbons (Fsp3) is 0.371. The Morgan fingerprint density at radius 2 is 1.94 bits per heavy atom. The number of pyridine rings is 1. The maximum absolute atomic E-state index is 15.0. The molecule has 1 aliphatic heterocycles. The predicted molar refractivity (Wildman–Crippen MR) is 186 cm³/mol. The van der Waals surface area contributed by atoms with Crippen molar-refractivity contribution < 1.29 is 27.1 Å². The lowest BCUT2D eigenvalue weighted by Gasteiger charge is -2.34. The number of aryl methyl sites for hydroxylation is 1. The number of anilines is 2. The number of carbonyl (C=O) groups is 1. The predicted octanol–water partition coefficient (Wildman–Crippen LogP) is 7.54. The molecule has 1 aliphatic rings. The number of fused-ring (bicyclic) bond motifs is 1. The summed E-state index contributed by atoms with van der Waals surface area (Å²) in [6.07, 6.45) is 6.57. The molecule has 3 heterocycles. The van der Waals surface area contributed by atoms with E-state index in [1.54, 1.807) is 54.6 Å². The summed E-state index contributed by atoms with van der Waals surface area (Å²) in [7, 11) is -3.76. The number of sulfonamides is 1. The summed E-state index contributed by atoms with van der Waals surface area (Å²) in [4.78, 5) is 28.2. The molecule has 13 heteroatoms. The van der Waals surface area contributed by atoms with Gasteiger partial charge in [-0.3, -0.25) is 4.72 Å². The van der Waals surface area contributed by atoms with E-state index in [9.17, 15) is 13.2 Å². The van der Waals surface area contributed by atoms with Gasteiger partial charge < -0.3 is 19.7 Å². The van der Waals surface area contributed by atoms with Crippen LogP contribution in [0.3, 0.4) is 0 Å². The molecule has 2 aromatic carbocycles. The second-order valence-corrected chi connectivity index (χ2v) is 14.6. The lowest BCUT2D eigenvalue weighted by molar-refractivity contribution is 0.0206. The third kappa shape index (κ3) is 8.19. The Labute approximate surface area is 280 Å². The van der Waals surface area contributed by atoms with Crippen LogP contribution in [0.1, 0.15) is 58.1 Å². The number of ether oxygens (including phenoxy) is 2. The van der Waals surface area contributed by atoms with E-state index in [1.165, 1.54) is 6.07 Å². The highest BCUT2D eigenvalue weighted by Gasteiger charge is 2.28. The van der Waals surface area contributed by atoms with Crippen molar-refractivity contribution in [2.45, 2.75) is 65.5 Å². The van der Waals surface area contributed by atoms with Crippen LogP contribution >= 0.6 is 0 Å². The number of nitrogens with one attached hydrogen (secondary N) is 2. The number of hydrogen-bond acceptors (Lipinski definition) is 9. The Bertz CT molecular complexity index is 1950. The molecule has 11 nitrogen and oxygen atoms in total. The standard InChI is InChI=1S/C35H41FN6O5S/c1-7-18-48(44,45)41-30-25-12-11-22(3)31(26(25)13-14-28(30)36)46-32-27(19-23(8-2)20-38-32)29-15-16-37-33(40-29)39-24-10-9-17-42(21-24)34(43)47-35(4,5)6/h8,11-16,19-20,24,41H,2,7,9-10,17-18,21H2,1,3-6H3,(H,37,39,40). The molecule has 1 unspecified atom stereocenters. The number of halogens is 1. The summed E-state index contributed by atoms with van der Waals surface area (Å²) in [6.45, 7) is 14.0. The molecule has 4 aromatic rings. The Morgan fingerprint density at radius 1 is 1.17 bits per heavy atom. The number of carbonyl (C=O) groups excluding carboxylic acids is 1. The molecule has 1 saturated heterocycles. The van der Waals surface area contributed by atoms with Crippen molar-refractivity contribution >= 4 is 44.6 Å². The largest absolute Gasteiger partial charge is 0.444 e. The molecule has 2 aromatic heterocycles.